The summed E-state index contributed by atoms with van der Waals surface area (Å²) < 4.78 is 0. The lowest BCUT2D eigenvalue weighted by atomic mass is 9.78. The number of carbonyl (C=O) groups excluding carboxylic acids is 6. The molecule has 328 valence electrons. The van der Waals surface area contributed by atoms with Crippen molar-refractivity contribution in [2.45, 2.75) is 154 Å². The summed E-state index contributed by atoms with van der Waals surface area (Å²) in [7, 11) is 2.85. The Balaban J connectivity index is 1.65. The Hall–Kier alpha value is -4.63. The Morgan fingerprint density at radius 3 is 2.19 bits per heavy atom. The number of nitrogens with one attached hydrogen (secondary N) is 2. The van der Waals surface area contributed by atoms with Gasteiger partial charge in [-0.05, 0) is 43.4 Å². The highest BCUT2D eigenvalue weighted by Gasteiger charge is 2.39. The zero-order valence-electron chi connectivity index (χ0n) is 35.4. The first-order valence-corrected chi connectivity index (χ1v) is 21.2. The molecule has 1 aliphatic heterocycles. The van der Waals surface area contributed by atoms with E-state index < -0.39 is 84.0 Å². The Bertz CT molecular complexity index is 1670. The molecule has 0 aromatic rings. The summed E-state index contributed by atoms with van der Waals surface area (Å²) in [4.78, 5) is 94.6. The van der Waals surface area contributed by atoms with Gasteiger partial charge >= 0.3 is 5.97 Å². The fraction of sp³-hybridized carbons (Fsp3) is 0.659. The highest BCUT2D eigenvalue weighted by molar-refractivity contribution is 5.96. The molecule has 15 heteroatoms. The first-order valence-electron chi connectivity index (χ1n) is 21.2. The number of hydrogen-bond donors (Lipinski definition) is 6. The number of Topliss-reactive ketones (excluding diaryl/α,β-unsaturated/α-hetero) is 2. The highest BCUT2D eigenvalue weighted by atomic mass is 16.4. The Morgan fingerprint density at radius 2 is 1.56 bits per heavy atom. The van der Waals surface area contributed by atoms with Gasteiger partial charge in [-0.2, -0.15) is 0 Å². The third kappa shape index (κ3) is 14.3. The standard InChI is InChI=1S/C44H66N4O11/c1-6-7-8-9-10-11-12-13-14-15-39(54)47(4)34(26-49)43(57)45-28(3)35(50)20-21-40(55)48(5)41-30-17-19-37(52)32(25-30)31-23-29(16-18-36(31)51)24-33(44(58)59)46-42(56)27(2)22-38(41)53/h16-17,19,23,27-28,30,33-34,36,41,49,51-52H,6-15,18,20-22,24-26H2,1-5H3,(H,45,57)(H,46,56)(H,58,59)/t27-,28-,30+,33+,34-,36?,41+/m1/s1. The summed E-state index contributed by atoms with van der Waals surface area (Å²) in [6, 6.07) is -4.75. The van der Waals surface area contributed by atoms with Gasteiger partial charge in [0.15, 0.2) is 11.6 Å². The number of rotatable bonds is 20. The molecule has 3 aliphatic rings. The zero-order valence-corrected chi connectivity index (χ0v) is 35.4. The van der Waals surface area contributed by atoms with E-state index in [4.69, 9.17) is 0 Å². The maximum atomic E-state index is 14.0. The van der Waals surface area contributed by atoms with Crippen LogP contribution < -0.4 is 10.6 Å². The van der Waals surface area contributed by atoms with Gasteiger partial charge in [-0.1, -0.05) is 83.4 Å². The van der Waals surface area contributed by atoms with Crippen LogP contribution >= 0.6 is 0 Å². The van der Waals surface area contributed by atoms with E-state index in [1.807, 2.05) is 0 Å². The second-order valence-electron chi connectivity index (χ2n) is 16.3. The van der Waals surface area contributed by atoms with Crippen LogP contribution in [0.4, 0.5) is 0 Å². The number of aliphatic carboxylic acids is 1. The molecule has 0 aromatic carbocycles. The van der Waals surface area contributed by atoms with Gasteiger partial charge < -0.3 is 40.9 Å². The molecule has 1 heterocycles. The van der Waals surface area contributed by atoms with Crippen molar-refractivity contribution >= 4 is 41.2 Å². The van der Waals surface area contributed by atoms with E-state index in [2.05, 4.69) is 17.6 Å². The smallest absolute Gasteiger partial charge is 0.326 e. The Kier molecular flexibility index (Phi) is 19.7. The molecule has 0 aromatic heterocycles. The first-order chi connectivity index (χ1) is 28.0. The predicted molar refractivity (Wildman–Crippen MR) is 221 cm³/mol. The number of carbonyl (C=O) groups is 7. The van der Waals surface area contributed by atoms with Crippen LogP contribution in [0.1, 0.15) is 124 Å². The number of aliphatic hydroxyl groups excluding tert-OH is 3. The highest BCUT2D eigenvalue weighted by Crippen LogP contribution is 2.37. The number of aliphatic hydroxyl groups is 3. The second-order valence-corrected chi connectivity index (χ2v) is 16.3. The number of allylic oxidation sites excluding steroid dienone is 2. The third-order valence-corrected chi connectivity index (χ3v) is 11.7. The van der Waals surface area contributed by atoms with Crippen LogP contribution in [0, 0.1) is 11.8 Å². The van der Waals surface area contributed by atoms with E-state index in [1.165, 1.54) is 75.9 Å². The molecule has 4 bridgehead atoms. The summed E-state index contributed by atoms with van der Waals surface area (Å²) in [5.74, 6) is -6.31. The maximum Gasteiger partial charge on any atom is 0.326 e. The molecule has 59 heavy (non-hydrogen) atoms. The fourth-order valence-corrected chi connectivity index (χ4v) is 7.88. The number of likely N-dealkylation sites (N-methyl/N-ethyl adjacent to an activating group) is 2. The van der Waals surface area contributed by atoms with Crippen LogP contribution in [0.15, 0.2) is 46.8 Å². The van der Waals surface area contributed by atoms with Gasteiger partial charge in [-0.15, -0.1) is 0 Å². The number of unbranched alkanes of at least 4 members (excludes halogenated alkanes) is 8. The minimum absolute atomic E-state index is 0.0413. The monoisotopic (exact) mass is 826 g/mol. The van der Waals surface area contributed by atoms with Gasteiger partial charge in [-0.3, -0.25) is 28.8 Å². The van der Waals surface area contributed by atoms with Crippen molar-refractivity contribution in [1.82, 2.24) is 20.4 Å². The molecule has 1 unspecified atom stereocenters. The molecular weight excluding hydrogens is 761 g/mol. The SMILES string of the molecule is CCCCCCCCCCCC(=O)N(C)[C@H](CO)C(=O)N[C@H](C)C(=O)CCC(=O)N(C)[C@@H]1C(=O)C[C@@H](C)C(=O)N[C@H](C(=O)O)CC2=CCC(O)C(=C2)C2=C(O)C=C[C@H]1C2. The first kappa shape index (κ1) is 48.7. The van der Waals surface area contributed by atoms with Crippen molar-refractivity contribution in [3.05, 3.63) is 46.8 Å². The molecule has 7 atom stereocenters. The van der Waals surface area contributed by atoms with E-state index in [1.54, 1.807) is 18.2 Å². The quantitative estimate of drug-likeness (QED) is 0.0962. The molecule has 3 rings (SSSR count). The molecule has 2 aliphatic carbocycles. The third-order valence-electron chi connectivity index (χ3n) is 11.7. The van der Waals surface area contributed by atoms with Crippen LogP contribution in [0.25, 0.3) is 0 Å². The molecule has 15 nitrogen and oxygen atoms in total. The van der Waals surface area contributed by atoms with Crippen molar-refractivity contribution in [3.8, 4) is 0 Å². The minimum Gasteiger partial charge on any atom is -0.508 e. The number of nitrogens with zero attached hydrogens (tertiary/aromatic N) is 2. The van der Waals surface area contributed by atoms with Crippen molar-refractivity contribution in [3.63, 3.8) is 0 Å². The molecular formula is C44H66N4O11. The number of carboxylic acids is 1. The number of carboxylic acid groups (broad SMARTS) is 1. The largest absolute Gasteiger partial charge is 0.508 e. The van der Waals surface area contributed by atoms with Crippen LogP contribution in [0.3, 0.4) is 0 Å². The topological polar surface area (TPSA) is 231 Å². The lowest BCUT2D eigenvalue weighted by Gasteiger charge is -2.36. The van der Waals surface area contributed by atoms with E-state index in [-0.39, 0.29) is 56.6 Å². The van der Waals surface area contributed by atoms with Gasteiger partial charge in [0.05, 0.1) is 24.8 Å². The number of fused-ring (bicyclic) bond motifs is 4. The molecule has 4 amide bonds. The van der Waals surface area contributed by atoms with E-state index in [0.29, 0.717) is 23.1 Å². The normalized spacial score (nSPS) is 23.2. The van der Waals surface area contributed by atoms with Gasteiger partial charge in [0.25, 0.3) is 0 Å². The summed E-state index contributed by atoms with van der Waals surface area (Å²) >= 11 is 0. The van der Waals surface area contributed by atoms with Crippen molar-refractivity contribution < 1.29 is 54.0 Å². The van der Waals surface area contributed by atoms with Gasteiger partial charge in [0.2, 0.25) is 23.6 Å². The second kappa shape index (κ2) is 23.8. The van der Waals surface area contributed by atoms with E-state index >= 15 is 0 Å². The summed E-state index contributed by atoms with van der Waals surface area (Å²) in [6.07, 6.45) is 14.3. The summed E-state index contributed by atoms with van der Waals surface area (Å²) in [5, 5.41) is 46.8. The van der Waals surface area contributed by atoms with Gasteiger partial charge in [0.1, 0.15) is 17.8 Å². The predicted octanol–water partition coefficient (Wildman–Crippen LogP) is 3.98. The number of hydrogen-bond acceptors (Lipinski definition) is 10. The molecule has 0 fully saturated rings. The number of amides is 4. The fourth-order valence-electron chi connectivity index (χ4n) is 7.88. The lowest BCUT2D eigenvalue weighted by Crippen LogP contribution is -2.53. The zero-order chi connectivity index (χ0) is 43.8. The van der Waals surface area contributed by atoms with Crippen molar-refractivity contribution in [1.29, 1.82) is 0 Å². The average molecular weight is 827 g/mol. The molecule has 0 saturated heterocycles. The summed E-state index contributed by atoms with van der Waals surface area (Å²) in [6.45, 7) is 4.46. The molecule has 0 radical (unpaired) electrons. The van der Waals surface area contributed by atoms with Crippen molar-refractivity contribution in [2.75, 3.05) is 20.7 Å². The van der Waals surface area contributed by atoms with Gasteiger partial charge in [-0.25, -0.2) is 4.79 Å². The van der Waals surface area contributed by atoms with Crippen LogP contribution in [-0.4, -0.2) is 122 Å². The lowest BCUT2D eigenvalue weighted by molar-refractivity contribution is -0.143. The Morgan fingerprint density at radius 1 is 0.915 bits per heavy atom. The van der Waals surface area contributed by atoms with Crippen LogP contribution in [-0.2, 0) is 33.6 Å². The van der Waals surface area contributed by atoms with Crippen LogP contribution in [0.5, 0.6) is 0 Å². The average Bonchev–Trinajstić information content (AvgIpc) is 3.19. The van der Waals surface area contributed by atoms with Crippen LogP contribution in [0.2, 0.25) is 0 Å². The summed E-state index contributed by atoms with van der Waals surface area (Å²) in [5.41, 5.74) is 1.22. The van der Waals surface area contributed by atoms with E-state index in [0.717, 1.165) is 19.3 Å². The van der Waals surface area contributed by atoms with E-state index in [9.17, 15) is 54.0 Å². The van der Waals surface area contributed by atoms with Gasteiger partial charge in [0, 0.05) is 63.6 Å². The molecule has 0 saturated carbocycles. The Labute approximate surface area is 348 Å². The minimum atomic E-state index is -1.32. The number of ketones is 2. The molecule has 6 N–H and O–H groups in total. The maximum absolute atomic E-state index is 14.0. The van der Waals surface area contributed by atoms with Crippen molar-refractivity contribution in [2.24, 2.45) is 11.8 Å². The molecule has 0 spiro atoms.